The summed E-state index contributed by atoms with van der Waals surface area (Å²) in [6, 6.07) is 4.16. The lowest BCUT2D eigenvalue weighted by atomic mass is 9.94. The molecule has 3 aromatic rings. The minimum Gasteiger partial charge on any atom is -0.477 e. The molecule has 2 N–H and O–H groups in total. The zero-order valence-electron chi connectivity index (χ0n) is 24.6. The number of carbonyl (C=O) groups is 1. The fourth-order valence-electron chi connectivity index (χ4n) is 5.58. The number of ether oxygens (including phenoxy) is 1. The van der Waals surface area contributed by atoms with Crippen LogP contribution in [0.25, 0.3) is 5.82 Å². The quantitative estimate of drug-likeness (QED) is 0.265. The number of pyridine rings is 1. The van der Waals surface area contributed by atoms with Crippen LogP contribution in [0.3, 0.4) is 0 Å². The van der Waals surface area contributed by atoms with E-state index in [-0.39, 0.29) is 58.7 Å². The second-order valence-corrected chi connectivity index (χ2v) is 14.2. The van der Waals surface area contributed by atoms with Gasteiger partial charge >= 0.3 is 6.18 Å². The van der Waals surface area contributed by atoms with Gasteiger partial charge in [-0.05, 0) is 83.9 Å². The van der Waals surface area contributed by atoms with Crippen molar-refractivity contribution < 1.29 is 31.1 Å². The number of hydrogen-bond donors (Lipinski definition) is 2. The predicted octanol–water partition coefficient (Wildman–Crippen LogP) is 4.82. The molecule has 1 aliphatic carbocycles. The minimum atomic E-state index is -4.26. The largest absolute Gasteiger partial charge is 0.477 e. The molecule has 0 spiro atoms. The highest BCUT2D eigenvalue weighted by Crippen LogP contribution is 2.59. The monoisotopic (exact) mass is 657 g/mol. The van der Waals surface area contributed by atoms with Crippen molar-refractivity contribution in [2.24, 2.45) is 11.3 Å². The molecule has 0 aromatic carbocycles. The molecule has 4 heterocycles. The van der Waals surface area contributed by atoms with Crippen LogP contribution in [0.5, 0.6) is 5.88 Å². The number of alkyl halides is 3. The van der Waals surface area contributed by atoms with E-state index in [2.05, 4.69) is 34.3 Å². The highest BCUT2D eigenvalue weighted by Gasteiger charge is 2.62. The molecule has 0 bridgehead atoms. The number of aryl methyl sites for hydroxylation is 1. The summed E-state index contributed by atoms with van der Waals surface area (Å²) >= 11 is 6.24. The van der Waals surface area contributed by atoms with Crippen LogP contribution in [0.4, 0.5) is 13.2 Å². The van der Waals surface area contributed by atoms with Crippen LogP contribution in [0, 0.1) is 18.3 Å². The second kappa shape index (κ2) is 12.0. The molecular weight excluding hydrogens is 623 g/mol. The smallest absolute Gasteiger partial charge is 0.394 e. The van der Waals surface area contributed by atoms with Crippen molar-refractivity contribution in [2.45, 2.75) is 82.5 Å². The summed E-state index contributed by atoms with van der Waals surface area (Å²) in [5.74, 6) is -0.125. The first-order valence-corrected chi connectivity index (χ1v) is 16.2. The molecule has 11 nitrogen and oxygen atoms in total. The second-order valence-electron chi connectivity index (χ2n) is 12.2. The Morgan fingerprint density at radius 3 is 2.64 bits per heavy atom. The summed E-state index contributed by atoms with van der Waals surface area (Å²) in [4.78, 5) is 16.9. The number of sulfonamides is 1. The van der Waals surface area contributed by atoms with Gasteiger partial charge in [-0.2, -0.15) is 18.3 Å². The standard InChI is InChI=1S/C28H35ClF3N7O4S/c1-18-21(17-34-38(18)12-4-5-19-15-26(2,3)33-16-19)44(41,42)37-25(40)20-6-7-22(35-24(20)29)39-13-8-23(36-39)43-14-11-27(9-10-27)28(30,31)32/h6-8,13,17,19,33H,4-5,9-12,14-16H2,1-3H3,(H,37,40)/t19-/m0/s1. The number of hydrogen-bond acceptors (Lipinski definition) is 8. The van der Waals surface area contributed by atoms with Gasteiger partial charge in [0.2, 0.25) is 5.88 Å². The Labute approximate surface area is 258 Å². The first-order valence-electron chi connectivity index (χ1n) is 14.4. The Morgan fingerprint density at radius 1 is 1.25 bits per heavy atom. The van der Waals surface area contributed by atoms with Gasteiger partial charge in [0.05, 0.1) is 29.5 Å². The van der Waals surface area contributed by atoms with Crippen molar-refractivity contribution in [3.05, 3.63) is 47.0 Å². The normalized spacial score (nSPS) is 19.2. The van der Waals surface area contributed by atoms with Gasteiger partial charge in [-0.1, -0.05) is 11.6 Å². The number of nitrogens with one attached hydrogen (secondary N) is 2. The maximum Gasteiger partial charge on any atom is 0.394 e. The van der Waals surface area contributed by atoms with Crippen LogP contribution in [0.15, 0.2) is 35.5 Å². The number of aromatic nitrogens is 5. The lowest BCUT2D eigenvalue weighted by molar-refractivity contribution is -0.190. The van der Waals surface area contributed by atoms with Gasteiger partial charge in [-0.3, -0.25) is 9.48 Å². The van der Waals surface area contributed by atoms with Gasteiger partial charge in [0.25, 0.3) is 15.9 Å². The maximum absolute atomic E-state index is 13.1. The molecule has 5 rings (SSSR count). The number of halogens is 4. The van der Waals surface area contributed by atoms with Crippen molar-refractivity contribution in [1.29, 1.82) is 0 Å². The van der Waals surface area contributed by atoms with Gasteiger partial charge in [0.15, 0.2) is 5.82 Å². The van der Waals surface area contributed by atoms with Crippen molar-refractivity contribution in [3.63, 3.8) is 0 Å². The summed E-state index contributed by atoms with van der Waals surface area (Å²) in [5.41, 5.74) is -1.30. The zero-order valence-corrected chi connectivity index (χ0v) is 26.2. The van der Waals surface area contributed by atoms with E-state index >= 15 is 0 Å². The fraction of sp³-hybridized carbons (Fsp3) is 0.571. The van der Waals surface area contributed by atoms with Crippen LogP contribution in [0.2, 0.25) is 5.15 Å². The molecule has 1 aliphatic heterocycles. The Hall–Kier alpha value is -3.17. The van der Waals surface area contributed by atoms with Crippen molar-refractivity contribution in [3.8, 4) is 11.7 Å². The van der Waals surface area contributed by atoms with Crippen molar-refractivity contribution in [1.82, 2.24) is 34.6 Å². The van der Waals surface area contributed by atoms with Gasteiger partial charge in [0.1, 0.15) is 10.0 Å². The van der Waals surface area contributed by atoms with Crippen LogP contribution < -0.4 is 14.8 Å². The van der Waals surface area contributed by atoms with E-state index in [1.165, 1.54) is 35.3 Å². The summed E-state index contributed by atoms with van der Waals surface area (Å²) in [6.45, 7) is 7.36. The van der Waals surface area contributed by atoms with Crippen LogP contribution in [0.1, 0.15) is 68.4 Å². The number of rotatable bonds is 12. The zero-order chi connectivity index (χ0) is 31.9. The average molecular weight is 658 g/mol. The molecule has 3 aromatic heterocycles. The summed E-state index contributed by atoms with van der Waals surface area (Å²) in [7, 11) is -4.26. The minimum absolute atomic E-state index is 0.0958. The third-order valence-electron chi connectivity index (χ3n) is 8.39. The van der Waals surface area contributed by atoms with E-state index in [4.69, 9.17) is 16.3 Å². The SMILES string of the molecule is Cc1c(S(=O)(=O)NC(=O)c2ccc(-n3ccc(OCCC4(C(F)(F)F)CC4)n3)nc2Cl)cnn1CCC[C@@H]1CNC(C)(C)C1. The van der Waals surface area contributed by atoms with Gasteiger partial charge in [0, 0.05) is 24.3 Å². The van der Waals surface area contributed by atoms with Gasteiger partial charge < -0.3 is 10.1 Å². The molecule has 2 aliphatic rings. The predicted molar refractivity (Wildman–Crippen MR) is 155 cm³/mol. The number of carbonyl (C=O) groups excluding carboxylic acids is 1. The highest BCUT2D eigenvalue weighted by atomic mass is 35.5. The van der Waals surface area contributed by atoms with Gasteiger partial charge in [-0.25, -0.2) is 22.8 Å². The molecule has 0 radical (unpaired) electrons. The topological polar surface area (TPSA) is 133 Å². The van der Waals surface area contributed by atoms with E-state index in [0.29, 0.717) is 18.2 Å². The average Bonchev–Trinajstić information content (AvgIpc) is 3.23. The molecule has 1 amide bonds. The summed E-state index contributed by atoms with van der Waals surface area (Å²) < 4.78 is 75.8. The van der Waals surface area contributed by atoms with Crippen molar-refractivity contribution >= 4 is 27.5 Å². The molecule has 1 saturated carbocycles. The van der Waals surface area contributed by atoms with E-state index in [1.807, 2.05) is 4.72 Å². The van der Waals surface area contributed by atoms with E-state index in [0.717, 1.165) is 25.8 Å². The molecule has 44 heavy (non-hydrogen) atoms. The number of amides is 1. The van der Waals surface area contributed by atoms with Crippen LogP contribution in [-0.4, -0.2) is 63.7 Å². The molecule has 0 unspecified atom stereocenters. The fourth-order valence-corrected chi connectivity index (χ4v) is 6.96. The lowest BCUT2D eigenvalue weighted by Gasteiger charge is -2.18. The van der Waals surface area contributed by atoms with Crippen molar-refractivity contribution in [2.75, 3.05) is 13.2 Å². The van der Waals surface area contributed by atoms with E-state index in [1.54, 1.807) is 11.6 Å². The summed E-state index contributed by atoms with van der Waals surface area (Å²) in [6.07, 6.45) is 1.39. The maximum atomic E-state index is 13.1. The third-order valence-corrected chi connectivity index (χ3v) is 10.1. The Morgan fingerprint density at radius 2 is 2.00 bits per heavy atom. The molecular formula is C28H35ClF3N7O4S. The molecule has 1 saturated heterocycles. The molecule has 1 atom stereocenters. The Bertz CT molecular complexity index is 1630. The highest BCUT2D eigenvalue weighted by molar-refractivity contribution is 7.90. The van der Waals surface area contributed by atoms with Gasteiger partial charge in [-0.15, -0.1) is 5.10 Å². The molecule has 240 valence electrons. The molecule has 16 heteroatoms. The van der Waals surface area contributed by atoms with E-state index < -0.39 is 27.5 Å². The Balaban J connectivity index is 1.17. The Kier molecular flexibility index (Phi) is 8.77. The van der Waals surface area contributed by atoms with E-state index in [9.17, 15) is 26.4 Å². The molecule has 2 fully saturated rings. The van der Waals surface area contributed by atoms with Crippen LogP contribution >= 0.6 is 11.6 Å². The third kappa shape index (κ3) is 7.04. The first-order chi connectivity index (χ1) is 20.6. The number of nitrogens with zero attached hydrogens (tertiary/aromatic N) is 5. The lowest BCUT2D eigenvalue weighted by Crippen LogP contribution is -2.31. The first kappa shape index (κ1) is 32.2. The van der Waals surface area contributed by atoms with Crippen LogP contribution in [-0.2, 0) is 16.6 Å². The summed E-state index contributed by atoms with van der Waals surface area (Å²) in [5, 5.41) is 11.6.